The highest BCUT2D eigenvalue weighted by molar-refractivity contribution is 4.90. The third-order valence-corrected chi connectivity index (χ3v) is 4.32. The minimum absolute atomic E-state index is 0.806. The van der Waals surface area contributed by atoms with Crippen molar-refractivity contribution in [2.45, 2.75) is 51.1 Å². The van der Waals surface area contributed by atoms with Crippen LogP contribution in [0, 0.1) is 11.8 Å². The topological polar surface area (TPSA) is 15.3 Å². The lowest BCUT2D eigenvalue weighted by atomic mass is 10.1. The fourth-order valence-electron chi connectivity index (χ4n) is 2.93. The van der Waals surface area contributed by atoms with E-state index in [1.807, 2.05) is 0 Å². The number of nitrogens with one attached hydrogen (secondary N) is 1. The van der Waals surface area contributed by atoms with Crippen molar-refractivity contribution in [3.8, 4) is 0 Å². The molecule has 1 N–H and O–H groups in total. The summed E-state index contributed by atoms with van der Waals surface area (Å²) in [6.07, 6.45) is 7.16. The first kappa shape index (κ1) is 10.1. The molecule has 0 bridgehead atoms. The third kappa shape index (κ3) is 2.73. The molecule has 3 rings (SSSR count). The Morgan fingerprint density at radius 2 is 2.00 bits per heavy atom. The van der Waals surface area contributed by atoms with Gasteiger partial charge in [-0.25, -0.2) is 0 Å². The second-order valence-electron chi connectivity index (χ2n) is 6.01. The molecule has 2 saturated carbocycles. The highest BCUT2D eigenvalue weighted by Crippen LogP contribution is 2.38. The summed E-state index contributed by atoms with van der Waals surface area (Å²) in [5.41, 5.74) is 0. The van der Waals surface area contributed by atoms with Gasteiger partial charge < -0.3 is 10.2 Å². The zero-order chi connectivity index (χ0) is 10.3. The van der Waals surface area contributed by atoms with Crippen LogP contribution in [-0.2, 0) is 0 Å². The first-order chi connectivity index (χ1) is 7.31. The van der Waals surface area contributed by atoms with Gasteiger partial charge in [0, 0.05) is 25.2 Å². The van der Waals surface area contributed by atoms with Gasteiger partial charge in [-0.15, -0.1) is 0 Å². The molecule has 0 aromatic heterocycles. The van der Waals surface area contributed by atoms with E-state index in [1.165, 1.54) is 51.7 Å². The first-order valence-corrected chi connectivity index (χ1v) is 6.79. The van der Waals surface area contributed by atoms with Crippen LogP contribution in [0.1, 0.15) is 39.0 Å². The van der Waals surface area contributed by atoms with Crippen LogP contribution in [0.4, 0.5) is 0 Å². The van der Waals surface area contributed by atoms with Gasteiger partial charge in [-0.05, 0) is 50.5 Å². The Morgan fingerprint density at radius 1 is 1.20 bits per heavy atom. The molecule has 2 nitrogen and oxygen atoms in total. The van der Waals surface area contributed by atoms with Crippen molar-refractivity contribution in [2.24, 2.45) is 11.8 Å². The largest absolute Gasteiger partial charge is 0.310 e. The van der Waals surface area contributed by atoms with Crippen LogP contribution in [0.15, 0.2) is 0 Å². The van der Waals surface area contributed by atoms with Crippen molar-refractivity contribution >= 4 is 0 Å². The fourth-order valence-corrected chi connectivity index (χ4v) is 2.93. The summed E-state index contributed by atoms with van der Waals surface area (Å²) in [7, 11) is 0. The number of rotatable bonds is 4. The van der Waals surface area contributed by atoms with Crippen LogP contribution in [0.3, 0.4) is 0 Å². The van der Waals surface area contributed by atoms with Crippen LogP contribution < -0.4 is 5.32 Å². The van der Waals surface area contributed by atoms with Crippen LogP contribution in [0.5, 0.6) is 0 Å². The van der Waals surface area contributed by atoms with Gasteiger partial charge in [0.1, 0.15) is 0 Å². The zero-order valence-electron chi connectivity index (χ0n) is 9.91. The second-order valence-corrected chi connectivity index (χ2v) is 6.01. The molecular weight excluding hydrogens is 184 g/mol. The number of hydrogen-bond acceptors (Lipinski definition) is 2. The zero-order valence-corrected chi connectivity index (χ0v) is 9.91. The molecular formula is C13H24N2. The van der Waals surface area contributed by atoms with E-state index in [1.54, 1.807) is 0 Å². The van der Waals surface area contributed by atoms with E-state index in [0.29, 0.717) is 0 Å². The predicted octanol–water partition coefficient (Wildman–Crippen LogP) is 1.86. The Morgan fingerprint density at radius 3 is 2.67 bits per heavy atom. The number of piperidine rings is 1. The van der Waals surface area contributed by atoms with Crippen molar-refractivity contribution < 1.29 is 0 Å². The summed E-state index contributed by atoms with van der Waals surface area (Å²) < 4.78 is 0. The van der Waals surface area contributed by atoms with Crippen molar-refractivity contribution in [1.29, 1.82) is 0 Å². The van der Waals surface area contributed by atoms with Gasteiger partial charge in [0.15, 0.2) is 0 Å². The van der Waals surface area contributed by atoms with Gasteiger partial charge in [0.25, 0.3) is 0 Å². The van der Waals surface area contributed by atoms with Crippen LogP contribution in [0.2, 0.25) is 0 Å². The lowest BCUT2D eigenvalue weighted by molar-refractivity contribution is 0.181. The minimum atomic E-state index is 0.806. The van der Waals surface area contributed by atoms with Crippen molar-refractivity contribution in [3.63, 3.8) is 0 Å². The summed E-state index contributed by atoms with van der Waals surface area (Å²) in [6, 6.07) is 1.69. The maximum atomic E-state index is 3.79. The Balaban J connectivity index is 1.43. The monoisotopic (exact) mass is 208 g/mol. The van der Waals surface area contributed by atoms with Crippen molar-refractivity contribution in [2.75, 3.05) is 19.6 Å². The van der Waals surface area contributed by atoms with Gasteiger partial charge in [-0.1, -0.05) is 6.92 Å². The van der Waals surface area contributed by atoms with Crippen LogP contribution in [-0.4, -0.2) is 36.6 Å². The van der Waals surface area contributed by atoms with Crippen molar-refractivity contribution in [1.82, 2.24) is 10.2 Å². The SMILES string of the molecule is CC1CC1CN1CCCC(NC2CC2)C1. The smallest absolute Gasteiger partial charge is 0.0198 e. The summed E-state index contributed by atoms with van der Waals surface area (Å²) in [5.74, 6) is 2.05. The molecule has 0 aromatic carbocycles. The van der Waals surface area contributed by atoms with Crippen LogP contribution >= 0.6 is 0 Å². The average Bonchev–Trinajstić information content (AvgIpc) is 3.09. The normalized spacial score (nSPS) is 41.8. The van der Waals surface area contributed by atoms with E-state index >= 15 is 0 Å². The van der Waals surface area contributed by atoms with E-state index in [0.717, 1.165) is 23.9 Å². The molecule has 3 fully saturated rings. The minimum Gasteiger partial charge on any atom is -0.310 e. The predicted molar refractivity (Wildman–Crippen MR) is 62.9 cm³/mol. The third-order valence-electron chi connectivity index (χ3n) is 4.32. The first-order valence-electron chi connectivity index (χ1n) is 6.79. The molecule has 86 valence electrons. The summed E-state index contributed by atoms with van der Waals surface area (Å²) >= 11 is 0. The lowest BCUT2D eigenvalue weighted by Crippen LogP contribution is -2.47. The van der Waals surface area contributed by atoms with Gasteiger partial charge in [-0.3, -0.25) is 0 Å². The highest BCUT2D eigenvalue weighted by atomic mass is 15.2. The van der Waals surface area contributed by atoms with Gasteiger partial charge in [0.2, 0.25) is 0 Å². The van der Waals surface area contributed by atoms with Crippen LogP contribution in [0.25, 0.3) is 0 Å². The summed E-state index contributed by atoms with van der Waals surface area (Å²) in [6.45, 7) is 6.45. The Hall–Kier alpha value is -0.0800. The molecule has 1 heterocycles. The molecule has 1 saturated heterocycles. The molecule has 15 heavy (non-hydrogen) atoms. The van der Waals surface area contributed by atoms with E-state index in [9.17, 15) is 0 Å². The maximum absolute atomic E-state index is 3.79. The summed E-state index contributed by atoms with van der Waals surface area (Å²) in [5, 5.41) is 3.79. The molecule has 3 atom stereocenters. The van der Waals surface area contributed by atoms with E-state index in [2.05, 4.69) is 17.1 Å². The molecule has 0 radical (unpaired) electrons. The molecule has 2 aliphatic carbocycles. The maximum Gasteiger partial charge on any atom is 0.0198 e. The molecule has 2 heteroatoms. The number of hydrogen-bond donors (Lipinski definition) is 1. The molecule has 3 aliphatic rings. The highest BCUT2D eigenvalue weighted by Gasteiger charge is 2.35. The van der Waals surface area contributed by atoms with E-state index in [4.69, 9.17) is 0 Å². The quantitative estimate of drug-likeness (QED) is 0.758. The summed E-state index contributed by atoms with van der Waals surface area (Å²) in [4.78, 5) is 2.71. The Bertz CT molecular complexity index is 225. The molecule has 0 amide bonds. The van der Waals surface area contributed by atoms with Gasteiger partial charge in [-0.2, -0.15) is 0 Å². The van der Waals surface area contributed by atoms with Crippen molar-refractivity contribution in [3.05, 3.63) is 0 Å². The Labute approximate surface area is 93.4 Å². The Kier molecular flexibility index (Phi) is 2.73. The molecule has 3 unspecified atom stereocenters. The molecule has 1 aliphatic heterocycles. The fraction of sp³-hybridized carbons (Fsp3) is 1.00. The van der Waals surface area contributed by atoms with E-state index in [-0.39, 0.29) is 0 Å². The molecule has 0 spiro atoms. The lowest BCUT2D eigenvalue weighted by Gasteiger charge is -2.33. The number of likely N-dealkylation sites (tertiary alicyclic amines) is 1. The van der Waals surface area contributed by atoms with E-state index < -0.39 is 0 Å². The average molecular weight is 208 g/mol. The van der Waals surface area contributed by atoms with Gasteiger partial charge in [0.05, 0.1) is 0 Å². The van der Waals surface area contributed by atoms with Gasteiger partial charge >= 0.3 is 0 Å². The second kappa shape index (κ2) is 4.06. The molecule has 0 aromatic rings. The number of nitrogens with zero attached hydrogens (tertiary/aromatic N) is 1. The standard InChI is InChI=1S/C13H24N2/c1-10-7-11(10)8-15-6-2-3-13(9-15)14-12-4-5-12/h10-14H,2-9H2,1H3.